The Morgan fingerprint density at radius 2 is 2.11 bits per heavy atom. The summed E-state index contributed by atoms with van der Waals surface area (Å²) in [4.78, 5) is 23.6. The lowest BCUT2D eigenvalue weighted by Crippen LogP contribution is -2.45. The molecule has 6 heteroatoms. The summed E-state index contributed by atoms with van der Waals surface area (Å²) >= 11 is 0. The van der Waals surface area contributed by atoms with E-state index in [-0.39, 0.29) is 17.9 Å². The zero-order valence-corrected chi connectivity index (χ0v) is 16.3. The third-order valence-electron chi connectivity index (χ3n) is 5.16. The smallest absolute Gasteiger partial charge is 0.225 e. The lowest BCUT2D eigenvalue weighted by atomic mass is 9.96. The fraction of sp³-hybridized carbons (Fsp3) is 0.476. The van der Waals surface area contributed by atoms with Crippen molar-refractivity contribution in [2.75, 3.05) is 25.1 Å². The zero-order valence-electron chi connectivity index (χ0n) is 16.3. The van der Waals surface area contributed by atoms with Gasteiger partial charge in [0.2, 0.25) is 5.91 Å². The van der Waals surface area contributed by atoms with Gasteiger partial charge in [0.25, 0.3) is 0 Å². The molecular formula is C21H28N4O2. The molecule has 1 aromatic heterocycles. The normalized spacial score (nSPS) is 18.0. The largest absolute Gasteiger partial charge is 0.497 e. The molecule has 144 valence electrons. The quantitative estimate of drug-likeness (QED) is 0.847. The number of nitrogens with one attached hydrogen (secondary N) is 1. The Morgan fingerprint density at radius 1 is 1.33 bits per heavy atom. The van der Waals surface area contributed by atoms with E-state index in [1.54, 1.807) is 13.4 Å². The summed E-state index contributed by atoms with van der Waals surface area (Å²) in [5.74, 6) is 1.85. The van der Waals surface area contributed by atoms with E-state index in [9.17, 15) is 4.79 Å². The lowest BCUT2D eigenvalue weighted by Gasteiger charge is -2.33. The monoisotopic (exact) mass is 368 g/mol. The Kier molecular flexibility index (Phi) is 6.27. The van der Waals surface area contributed by atoms with Crippen molar-refractivity contribution in [3.8, 4) is 17.0 Å². The zero-order chi connectivity index (χ0) is 19.2. The van der Waals surface area contributed by atoms with Gasteiger partial charge in [0.05, 0.1) is 18.7 Å². The lowest BCUT2D eigenvalue weighted by molar-refractivity contribution is -0.125. The minimum atomic E-state index is 0.00662. The number of nitrogens with zero attached hydrogens (tertiary/aromatic N) is 3. The van der Waals surface area contributed by atoms with Crippen LogP contribution in [0, 0.1) is 5.92 Å². The number of ether oxygens (including phenoxy) is 1. The Labute approximate surface area is 161 Å². The highest BCUT2D eigenvalue weighted by Crippen LogP contribution is 2.26. The molecule has 0 radical (unpaired) electrons. The Hall–Kier alpha value is -2.63. The van der Waals surface area contributed by atoms with Crippen LogP contribution in [0.4, 0.5) is 5.82 Å². The highest BCUT2D eigenvalue weighted by Gasteiger charge is 2.27. The number of rotatable bonds is 6. The second kappa shape index (κ2) is 8.84. The highest BCUT2D eigenvalue weighted by atomic mass is 16.5. The number of piperidine rings is 1. The molecule has 1 saturated heterocycles. The van der Waals surface area contributed by atoms with Crippen molar-refractivity contribution in [3.05, 3.63) is 36.7 Å². The topological polar surface area (TPSA) is 67.4 Å². The summed E-state index contributed by atoms with van der Waals surface area (Å²) in [6, 6.07) is 10.0. The Balaban J connectivity index is 1.73. The van der Waals surface area contributed by atoms with Crippen LogP contribution in [0.5, 0.6) is 5.75 Å². The third kappa shape index (κ3) is 4.76. The third-order valence-corrected chi connectivity index (χ3v) is 5.16. The van der Waals surface area contributed by atoms with Gasteiger partial charge < -0.3 is 15.0 Å². The summed E-state index contributed by atoms with van der Waals surface area (Å²) in [7, 11) is 1.65. The molecule has 1 fully saturated rings. The van der Waals surface area contributed by atoms with Crippen molar-refractivity contribution >= 4 is 11.7 Å². The van der Waals surface area contributed by atoms with Crippen molar-refractivity contribution in [1.82, 2.24) is 15.3 Å². The van der Waals surface area contributed by atoms with E-state index in [0.717, 1.165) is 48.6 Å². The predicted octanol–water partition coefficient (Wildman–Crippen LogP) is 3.28. The van der Waals surface area contributed by atoms with E-state index in [1.807, 2.05) is 37.3 Å². The number of carbonyl (C=O) groups is 1. The minimum absolute atomic E-state index is 0.00662. The fourth-order valence-corrected chi connectivity index (χ4v) is 3.30. The van der Waals surface area contributed by atoms with Crippen molar-refractivity contribution in [3.63, 3.8) is 0 Å². The maximum absolute atomic E-state index is 12.5. The molecule has 2 atom stereocenters. The molecule has 1 N–H and O–H groups in total. The summed E-state index contributed by atoms with van der Waals surface area (Å²) in [5.41, 5.74) is 1.89. The maximum atomic E-state index is 12.5. The van der Waals surface area contributed by atoms with Gasteiger partial charge in [-0.05, 0) is 50.5 Å². The summed E-state index contributed by atoms with van der Waals surface area (Å²) in [6.07, 6.45) is 4.45. The number of anilines is 1. The molecule has 1 amide bonds. The molecule has 0 bridgehead atoms. The molecule has 6 nitrogen and oxygen atoms in total. The first kappa shape index (κ1) is 19.1. The van der Waals surface area contributed by atoms with Crippen molar-refractivity contribution in [2.24, 2.45) is 5.92 Å². The molecule has 0 saturated carbocycles. The first-order chi connectivity index (χ1) is 13.1. The molecule has 2 unspecified atom stereocenters. The molecule has 2 aromatic rings. The number of benzene rings is 1. The maximum Gasteiger partial charge on any atom is 0.225 e. The molecule has 1 aliphatic rings. The fourth-order valence-electron chi connectivity index (χ4n) is 3.30. The number of carbonyl (C=O) groups excluding carboxylic acids is 1. The standard InChI is InChI=1S/C21H28N4O2/c1-4-15(2)24-21(26)17-6-5-11-25(13-17)20-12-19(22-14-23-20)16-7-9-18(27-3)10-8-16/h7-10,12,14-15,17H,4-6,11,13H2,1-3H3,(H,24,26). The van der Waals surface area contributed by atoms with Gasteiger partial charge in [-0.15, -0.1) is 0 Å². The number of methoxy groups -OCH3 is 1. The van der Waals surface area contributed by atoms with E-state index < -0.39 is 0 Å². The van der Waals surface area contributed by atoms with Crippen LogP contribution in [0.1, 0.15) is 33.1 Å². The average Bonchev–Trinajstić information content (AvgIpc) is 2.74. The van der Waals surface area contributed by atoms with Gasteiger partial charge in [-0.25, -0.2) is 9.97 Å². The van der Waals surface area contributed by atoms with Crippen LogP contribution < -0.4 is 15.0 Å². The molecule has 3 rings (SSSR count). The van der Waals surface area contributed by atoms with E-state index in [0.29, 0.717) is 6.54 Å². The van der Waals surface area contributed by atoms with Crippen molar-refractivity contribution < 1.29 is 9.53 Å². The molecule has 2 heterocycles. The first-order valence-corrected chi connectivity index (χ1v) is 9.62. The van der Waals surface area contributed by atoms with Crippen LogP contribution in [-0.4, -0.2) is 42.1 Å². The van der Waals surface area contributed by atoms with E-state index in [1.165, 1.54) is 0 Å². The SMILES string of the molecule is CCC(C)NC(=O)C1CCCN(c2cc(-c3ccc(OC)cc3)ncn2)C1. The molecule has 1 aromatic carbocycles. The Morgan fingerprint density at radius 3 is 2.81 bits per heavy atom. The molecular weight excluding hydrogens is 340 g/mol. The van der Waals surface area contributed by atoms with Crippen LogP contribution in [0.2, 0.25) is 0 Å². The molecule has 27 heavy (non-hydrogen) atoms. The van der Waals surface area contributed by atoms with E-state index in [2.05, 4.69) is 27.1 Å². The second-order valence-corrected chi connectivity index (χ2v) is 7.09. The highest BCUT2D eigenvalue weighted by molar-refractivity contribution is 5.80. The number of aromatic nitrogens is 2. The number of hydrogen-bond acceptors (Lipinski definition) is 5. The van der Waals surface area contributed by atoms with Gasteiger partial charge >= 0.3 is 0 Å². The summed E-state index contributed by atoms with van der Waals surface area (Å²) in [6.45, 7) is 5.73. The Bertz CT molecular complexity index is 763. The number of amides is 1. The predicted molar refractivity (Wildman–Crippen MR) is 107 cm³/mol. The summed E-state index contributed by atoms with van der Waals surface area (Å²) < 4.78 is 5.21. The summed E-state index contributed by atoms with van der Waals surface area (Å²) in [5, 5.41) is 3.11. The van der Waals surface area contributed by atoms with E-state index in [4.69, 9.17) is 4.74 Å². The van der Waals surface area contributed by atoms with Gasteiger partial charge in [-0.1, -0.05) is 6.92 Å². The van der Waals surface area contributed by atoms with Gasteiger partial charge in [0.15, 0.2) is 0 Å². The molecule has 0 spiro atoms. The van der Waals surface area contributed by atoms with Gasteiger partial charge in [0, 0.05) is 30.8 Å². The molecule has 1 aliphatic heterocycles. The van der Waals surface area contributed by atoms with Gasteiger partial charge in [0.1, 0.15) is 17.9 Å². The first-order valence-electron chi connectivity index (χ1n) is 9.62. The van der Waals surface area contributed by atoms with Crippen LogP contribution in [-0.2, 0) is 4.79 Å². The number of hydrogen-bond donors (Lipinski definition) is 1. The average molecular weight is 368 g/mol. The van der Waals surface area contributed by atoms with Gasteiger partial charge in [-0.2, -0.15) is 0 Å². The van der Waals surface area contributed by atoms with Crippen molar-refractivity contribution in [1.29, 1.82) is 0 Å². The van der Waals surface area contributed by atoms with Crippen molar-refractivity contribution in [2.45, 2.75) is 39.2 Å². The van der Waals surface area contributed by atoms with Crippen LogP contribution in [0.25, 0.3) is 11.3 Å². The van der Waals surface area contributed by atoms with Crippen LogP contribution in [0.15, 0.2) is 36.7 Å². The van der Waals surface area contributed by atoms with Gasteiger partial charge in [-0.3, -0.25) is 4.79 Å². The molecule has 0 aliphatic carbocycles. The minimum Gasteiger partial charge on any atom is -0.497 e. The van der Waals surface area contributed by atoms with Crippen LogP contribution in [0.3, 0.4) is 0 Å². The van der Waals surface area contributed by atoms with E-state index >= 15 is 0 Å². The second-order valence-electron chi connectivity index (χ2n) is 7.09. The van der Waals surface area contributed by atoms with Crippen LogP contribution >= 0.6 is 0 Å².